The molecule has 1 atom stereocenters. The van der Waals surface area contributed by atoms with Gasteiger partial charge in [0.05, 0.1) is 5.69 Å². The Morgan fingerprint density at radius 3 is 2.57 bits per heavy atom. The van der Waals surface area contributed by atoms with Crippen molar-refractivity contribution in [1.82, 2.24) is 0 Å². The van der Waals surface area contributed by atoms with Crippen molar-refractivity contribution in [3.8, 4) is 5.75 Å². The lowest BCUT2D eigenvalue weighted by molar-refractivity contribution is -0.122. The van der Waals surface area contributed by atoms with Gasteiger partial charge in [0.1, 0.15) is 5.75 Å². The summed E-state index contributed by atoms with van der Waals surface area (Å²) in [4.78, 5) is 12.2. The average Bonchev–Trinajstić information content (AvgIpc) is 2.50. The lowest BCUT2D eigenvalue weighted by atomic mass is 10.1. The number of hydrogen-bond acceptors (Lipinski definition) is 2. The van der Waals surface area contributed by atoms with Crippen molar-refractivity contribution in [3.05, 3.63) is 58.6 Å². The van der Waals surface area contributed by atoms with Gasteiger partial charge in [-0.1, -0.05) is 37.3 Å². The molecule has 1 amide bonds. The van der Waals surface area contributed by atoms with Crippen molar-refractivity contribution in [2.24, 2.45) is 0 Å². The maximum Gasteiger partial charge on any atom is 0.265 e. The minimum Gasteiger partial charge on any atom is -0.481 e. The molecule has 0 aliphatic carbocycles. The highest BCUT2D eigenvalue weighted by molar-refractivity contribution is 9.10. The first-order valence-electron chi connectivity index (χ1n) is 6.91. The largest absolute Gasteiger partial charge is 0.481 e. The van der Waals surface area contributed by atoms with E-state index in [1.807, 2.05) is 48.5 Å². The summed E-state index contributed by atoms with van der Waals surface area (Å²) in [7, 11) is 0. The molecular formula is C17H18BrNO2. The molecule has 0 unspecified atom stereocenters. The van der Waals surface area contributed by atoms with Crippen LogP contribution in [0, 0.1) is 0 Å². The first kappa shape index (κ1) is 15.6. The van der Waals surface area contributed by atoms with Gasteiger partial charge in [-0.2, -0.15) is 0 Å². The fourth-order valence-electron chi connectivity index (χ4n) is 1.95. The van der Waals surface area contributed by atoms with Crippen LogP contribution < -0.4 is 10.1 Å². The van der Waals surface area contributed by atoms with E-state index in [1.165, 1.54) is 0 Å². The van der Waals surface area contributed by atoms with Gasteiger partial charge < -0.3 is 10.1 Å². The number of aryl methyl sites for hydroxylation is 1. The van der Waals surface area contributed by atoms with Gasteiger partial charge in [-0.25, -0.2) is 0 Å². The van der Waals surface area contributed by atoms with Crippen LogP contribution in [0.5, 0.6) is 5.75 Å². The molecule has 2 aromatic rings. The van der Waals surface area contributed by atoms with E-state index in [1.54, 1.807) is 6.92 Å². The van der Waals surface area contributed by atoms with E-state index in [9.17, 15) is 4.79 Å². The molecular weight excluding hydrogens is 330 g/mol. The third-order valence-corrected chi connectivity index (χ3v) is 3.85. The number of halogens is 1. The molecule has 0 fully saturated rings. The highest BCUT2D eigenvalue weighted by Gasteiger charge is 2.16. The highest BCUT2D eigenvalue weighted by atomic mass is 79.9. The third-order valence-electron chi connectivity index (χ3n) is 3.16. The van der Waals surface area contributed by atoms with Crippen molar-refractivity contribution >= 4 is 27.5 Å². The second-order valence-electron chi connectivity index (χ2n) is 4.69. The van der Waals surface area contributed by atoms with Gasteiger partial charge >= 0.3 is 0 Å². The number of amides is 1. The number of rotatable bonds is 5. The van der Waals surface area contributed by atoms with Crippen LogP contribution in [-0.2, 0) is 11.2 Å². The van der Waals surface area contributed by atoms with Crippen molar-refractivity contribution in [1.29, 1.82) is 0 Å². The van der Waals surface area contributed by atoms with Gasteiger partial charge in [-0.15, -0.1) is 0 Å². The molecule has 4 heteroatoms. The van der Waals surface area contributed by atoms with Crippen LogP contribution >= 0.6 is 15.9 Å². The molecule has 1 N–H and O–H groups in total. The van der Waals surface area contributed by atoms with Gasteiger partial charge in [0.2, 0.25) is 0 Å². The van der Waals surface area contributed by atoms with Crippen molar-refractivity contribution in [2.75, 3.05) is 5.32 Å². The Morgan fingerprint density at radius 1 is 1.19 bits per heavy atom. The standard InChI is InChI=1S/C17H18BrNO2/c1-3-13-8-4-7-11-16(13)21-12(2)17(20)19-15-10-6-5-9-14(15)18/h4-12H,3H2,1-2H3,(H,19,20)/t12-/m1/s1. The van der Waals surface area contributed by atoms with E-state index < -0.39 is 6.10 Å². The summed E-state index contributed by atoms with van der Waals surface area (Å²) >= 11 is 3.41. The molecule has 0 heterocycles. The minimum absolute atomic E-state index is 0.173. The molecule has 0 saturated heterocycles. The third kappa shape index (κ3) is 4.08. The first-order chi connectivity index (χ1) is 10.1. The molecule has 3 nitrogen and oxygen atoms in total. The second-order valence-corrected chi connectivity index (χ2v) is 5.54. The van der Waals surface area contributed by atoms with Crippen LogP contribution in [0.3, 0.4) is 0 Å². The Kier molecular flexibility index (Phi) is 5.39. The number of carbonyl (C=O) groups is 1. The highest BCUT2D eigenvalue weighted by Crippen LogP contribution is 2.23. The van der Waals surface area contributed by atoms with Crippen LogP contribution in [0.15, 0.2) is 53.0 Å². The Morgan fingerprint density at radius 2 is 1.86 bits per heavy atom. The number of hydrogen-bond donors (Lipinski definition) is 1. The first-order valence-corrected chi connectivity index (χ1v) is 7.71. The van der Waals surface area contributed by atoms with E-state index in [4.69, 9.17) is 4.74 Å². The topological polar surface area (TPSA) is 38.3 Å². The molecule has 2 aromatic carbocycles. The number of anilines is 1. The number of carbonyl (C=O) groups excluding carboxylic acids is 1. The lowest BCUT2D eigenvalue weighted by Gasteiger charge is -2.17. The molecule has 2 rings (SSSR count). The zero-order valence-corrected chi connectivity index (χ0v) is 13.7. The maximum absolute atomic E-state index is 12.2. The van der Waals surface area contributed by atoms with Gasteiger partial charge in [-0.05, 0) is 53.0 Å². The summed E-state index contributed by atoms with van der Waals surface area (Å²) in [5.41, 5.74) is 1.83. The van der Waals surface area contributed by atoms with E-state index in [-0.39, 0.29) is 5.91 Å². The quantitative estimate of drug-likeness (QED) is 0.869. The number of ether oxygens (including phenoxy) is 1. The number of para-hydroxylation sites is 2. The summed E-state index contributed by atoms with van der Waals surface area (Å²) in [6, 6.07) is 15.3. The van der Waals surface area contributed by atoms with Crippen molar-refractivity contribution in [2.45, 2.75) is 26.4 Å². The smallest absolute Gasteiger partial charge is 0.265 e. The van der Waals surface area contributed by atoms with E-state index in [2.05, 4.69) is 28.2 Å². The minimum atomic E-state index is -0.565. The Balaban J connectivity index is 2.05. The summed E-state index contributed by atoms with van der Waals surface area (Å²) < 4.78 is 6.63. The van der Waals surface area contributed by atoms with Crippen LogP contribution in [0.4, 0.5) is 5.69 Å². The number of benzene rings is 2. The molecule has 110 valence electrons. The Bertz CT molecular complexity index is 628. The molecule has 21 heavy (non-hydrogen) atoms. The monoisotopic (exact) mass is 347 g/mol. The lowest BCUT2D eigenvalue weighted by Crippen LogP contribution is -2.30. The molecule has 0 spiro atoms. The van der Waals surface area contributed by atoms with Crippen molar-refractivity contribution < 1.29 is 9.53 Å². The normalized spacial score (nSPS) is 11.8. The summed E-state index contributed by atoms with van der Waals surface area (Å²) in [5, 5.41) is 2.86. The molecule has 0 aromatic heterocycles. The van der Waals surface area contributed by atoms with E-state index in [0.717, 1.165) is 27.9 Å². The SMILES string of the molecule is CCc1ccccc1O[C@H](C)C(=O)Nc1ccccc1Br. The Hall–Kier alpha value is -1.81. The maximum atomic E-state index is 12.2. The molecule has 0 radical (unpaired) electrons. The van der Waals surface area contributed by atoms with Crippen LogP contribution in [-0.4, -0.2) is 12.0 Å². The predicted octanol–water partition coefficient (Wildman–Crippen LogP) is 4.42. The average molecular weight is 348 g/mol. The number of nitrogens with one attached hydrogen (secondary N) is 1. The van der Waals surface area contributed by atoms with Crippen LogP contribution in [0.1, 0.15) is 19.4 Å². The van der Waals surface area contributed by atoms with E-state index >= 15 is 0 Å². The second kappa shape index (κ2) is 7.27. The van der Waals surface area contributed by atoms with Crippen molar-refractivity contribution in [3.63, 3.8) is 0 Å². The van der Waals surface area contributed by atoms with Crippen LogP contribution in [0.25, 0.3) is 0 Å². The summed E-state index contributed by atoms with van der Waals surface area (Å²) in [6.07, 6.45) is 0.305. The molecule has 0 aliphatic rings. The van der Waals surface area contributed by atoms with Gasteiger partial charge in [0, 0.05) is 4.47 Å². The molecule has 0 bridgehead atoms. The molecule has 0 aliphatic heterocycles. The fourth-order valence-corrected chi connectivity index (χ4v) is 2.34. The predicted molar refractivity (Wildman–Crippen MR) is 88.7 cm³/mol. The van der Waals surface area contributed by atoms with E-state index in [0.29, 0.717) is 0 Å². The zero-order chi connectivity index (χ0) is 15.2. The fraction of sp³-hybridized carbons (Fsp3) is 0.235. The summed E-state index contributed by atoms with van der Waals surface area (Å²) in [5.74, 6) is 0.586. The Labute approximate surface area is 133 Å². The zero-order valence-electron chi connectivity index (χ0n) is 12.1. The van der Waals surface area contributed by atoms with Gasteiger partial charge in [0.15, 0.2) is 6.10 Å². The van der Waals surface area contributed by atoms with Gasteiger partial charge in [0.25, 0.3) is 5.91 Å². The summed E-state index contributed by atoms with van der Waals surface area (Å²) in [6.45, 7) is 3.81. The molecule has 0 saturated carbocycles. The van der Waals surface area contributed by atoms with Gasteiger partial charge in [-0.3, -0.25) is 4.79 Å². The van der Waals surface area contributed by atoms with Crippen LogP contribution in [0.2, 0.25) is 0 Å².